The number of nitrogen functional groups attached to an aromatic ring is 1. The number of rotatable bonds is 2. The van der Waals surface area contributed by atoms with Crippen molar-refractivity contribution in [3.8, 4) is 0 Å². The number of nitrogens with zero attached hydrogens (tertiary/aromatic N) is 1. The molecule has 1 heterocycles. The highest BCUT2D eigenvalue weighted by Gasteiger charge is 2.18. The lowest BCUT2D eigenvalue weighted by Crippen LogP contribution is -2.33. The summed E-state index contributed by atoms with van der Waals surface area (Å²) in [7, 11) is 0. The first-order valence-corrected chi connectivity index (χ1v) is 5.10. The summed E-state index contributed by atoms with van der Waals surface area (Å²) in [5.41, 5.74) is 8.32. The van der Waals surface area contributed by atoms with Crippen LogP contribution in [0.15, 0.2) is 12.1 Å². The van der Waals surface area contributed by atoms with Gasteiger partial charge in [0.25, 0.3) is 0 Å². The van der Waals surface area contributed by atoms with Gasteiger partial charge in [0.2, 0.25) is 0 Å². The highest BCUT2D eigenvalue weighted by Crippen LogP contribution is 2.25. The van der Waals surface area contributed by atoms with Gasteiger partial charge in [-0.25, -0.2) is 4.39 Å². The average Bonchev–Trinajstić information content (AvgIpc) is 2.17. The van der Waals surface area contributed by atoms with Crippen LogP contribution in [0.1, 0.15) is 11.1 Å². The average molecular weight is 210 g/mol. The molecule has 0 saturated carbocycles. The van der Waals surface area contributed by atoms with Gasteiger partial charge in [-0.15, -0.1) is 0 Å². The smallest absolute Gasteiger partial charge is 0.125 e. The van der Waals surface area contributed by atoms with Gasteiger partial charge in [-0.2, -0.15) is 0 Å². The topological polar surface area (TPSA) is 49.5 Å². The molecule has 0 fully saturated rings. The Bertz CT molecular complexity index is 368. The number of hydrogen-bond acceptors (Lipinski definition) is 3. The van der Waals surface area contributed by atoms with Gasteiger partial charge < -0.3 is 10.8 Å². The zero-order valence-corrected chi connectivity index (χ0v) is 8.54. The number of fused-ring (bicyclic) bond motifs is 1. The van der Waals surface area contributed by atoms with Crippen molar-refractivity contribution in [3.63, 3.8) is 0 Å². The lowest BCUT2D eigenvalue weighted by atomic mass is 9.98. The van der Waals surface area contributed by atoms with Crippen LogP contribution in [0.2, 0.25) is 0 Å². The number of halogens is 1. The van der Waals surface area contributed by atoms with Crippen molar-refractivity contribution in [2.75, 3.05) is 25.4 Å². The molecule has 2 rings (SSSR count). The molecule has 1 aromatic carbocycles. The zero-order chi connectivity index (χ0) is 10.8. The van der Waals surface area contributed by atoms with E-state index >= 15 is 0 Å². The molecule has 0 aromatic heterocycles. The number of benzene rings is 1. The third-order valence-corrected chi connectivity index (χ3v) is 2.83. The molecular formula is C11H15FN2O. The molecule has 0 amide bonds. The maximum atomic E-state index is 13.1. The summed E-state index contributed by atoms with van der Waals surface area (Å²) in [6.07, 6.45) is 0.835. The van der Waals surface area contributed by atoms with Crippen LogP contribution >= 0.6 is 0 Å². The molecular weight excluding hydrogens is 195 g/mol. The molecule has 4 heteroatoms. The van der Waals surface area contributed by atoms with Gasteiger partial charge in [-0.1, -0.05) is 0 Å². The summed E-state index contributed by atoms with van der Waals surface area (Å²) in [5.74, 6) is -0.280. The molecule has 0 aliphatic carbocycles. The fraction of sp³-hybridized carbons (Fsp3) is 0.455. The highest BCUT2D eigenvalue weighted by atomic mass is 19.1. The first-order valence-electron chi connectivity index (χ1n) is 5.10. The molecule has 82 valence electrons. The standard InChI is InChI=1S/C11H15FN2O/c12-9-5-8-7-14(3-4-15)2-1-10(8)11(13)6-9/h5-6,15H,1-4,7,13H2. The lowest BCUT2D eigenvalue weighted by molar-refractivity contribution is 0.184. The van der Waals surface area contributed by atoms with Gasteiger partial charge >= 0.3 is 0 Å². The number of anilines is 1. The summed E-state index contributed by atoms with van der Waals surface area (Å²) >= 11 is 0. The maximum absolute atomic E-state index is 13.1. The molecule has 0 atom stereocenters. The normalized spacial score (nSPS) is 16.4. The second kappa shape index (κ2) is 4.16. The van der Waals surface area contributed by atoms with Gasteiger partial charge in [0, 0.05) is 25.3 Å². The third kappa shape index (κ3) is 2.11. The Hall–Kier alpha value is -1.13. The van der Waals surface area contributed by atoms with E-state index in [4.69, 9.17) is 10.8 Å². The quantitative estimate of drug-likeness (QED) is 0.708. The van der Waals surface area contributed by atoms with Crippen LogP contribution in [0.4, 0.5) is 10.1 Å². The molecule has 3 N–H and O–H groups in total. The Morgan fingerprint density at radius 3 is 3.00 bits per heavy atom. The first kappa shape index (κ1) is 10.4. The lowest BCUT2D eigenvalue weighted by Gasteiger charge is -2.28. The predicted octanol–water partition coefficient (Wildman–Crippen LogP) is 0.758. The van der Waals surface area contributed by atoms with E-state index in [1.807, 2.05) is 0 Å². The first-order chi connectivity index (χ1) is 7.20. The molecule has 1 aliphatic heterocycles. The maximum Gasteiger partial charge on any atom is 0.125 e. The minimum Gasteiger partial charge on any atom is -0.398 e. The van der Waals surface area contributed by atoms with Crippen molar-refractivity contribution in [2.45, 2.75) is 13.0 Å². The van der Waals surface area contributed by atoms with E-state index in [0.717, 1.165) is 24.1 Å². The van der Waals surface area contributed by atoms with E-state index in [-0.39, 0.29) is 12.4 Å². The monoisotopic (exact) mass is 210 g/mol. The molecule has 0 radical (unpaired) electrons. The van der Waals surface area contributed by atoms with E-state index < -0.39 is 0 Å². The predicted molar refractivity (Wildman–Crippen MR) is 56.9 cm³/mol. The zero-order valence-electron chi connectivity index (χ0n) is 8.54. The Morgan fingerprint density at radius 2 is 2.27 bits per heavy atom. The minimum absolute atomic E-state index is 0.139. The van der Waals surface area contributed by atoms with E-state index in [0.29, 0.717) is 18.8 Å². The van der Waals surface area contributed by atoms with Crippen molar-refractivity contribution in [1.82, 2.24) is 4.90 Å². The molecule has 15 heavy (non-hydrogen) atoms. The molecule has 0 bridgehead atoms. The Kier molecular flexibility index (Phi) is 2.88. The number of hydrogen-bond donors (Lipinski definition) is 2. The Morgan fingerprint density at radius 1 is 1.47 bits per heavy atom. The fourth-order valence-corrected chi connectivity index (χ4v) is 2.08. The fourth-order valence-electron chi connectivity index (χ4n) is 2.08. The van der Waals surface area contributed by atoms with Gasteiger partial charge in [0.05, 0.1) is 6.61 Å². The van der Waals surface area contributed by atoms with Gasteiger partial charge in [-0.3, -0.25) is 4.90 Å². The van der Waals surface area contributed by atoms with Crippen LogP contribution in [0, 0.1) is 5.82 Å². The summed E-state index contributed by atoms with van der Waals surface area (Å²) in [6, 6.07) is 2.91. The van der Waals surface area contributed by atoms with Crippen LogP contribution in [0.25, 0.3) is 0 Å². The van der Waals surface area contributed by atoms with Gasteiger partial charge in [-0.05, 0) is 29.7 Å². The minimum atomic E-state index is -0.280. The molecule has 0 spiro atoms. The number of aliphatic hydroxyl groups excluding tert-OH is 1. The number of aliphatic hydroxyl groups is 1. The molecule has 1 aliphatic rings. The SMILES string of the molecule is Nc1cc(F)cc2c1CCN(CCO)C2. The van der Waals surface area contributed by atoms with Crippen molar-refractivity contribution >= 4 is 5.69 Å². The second-order valence-electron chi connectivity index (χ2n) is 3.88. The van der Waals surface area contributed by atoms with Gasteiger partial charge in [0.1, 0.15) is 5.82 Å². The summed E-state index contributed by atoms with van der Waals surface area (Å²) < 4.78 is 13.1. The van der Waals surface area contributed by atoms with E-state index in [1.165, 1.54) is 12.1 Å². The second-order valence-corrected chi connectivity index (χ2v) is 3.88. The third-order valence-electron chi connectivity index (χ3n) is 2.83. The summed E-state index contributed by atoms with van der Waals surface area (Å²) in [5, 5.41) is 8.84. The summed E-state index contributed by atoms with van der Waals surface area (Å²) in [6.45, 7) is 2.33. The largest absolute Gasteiger partial charge is 0.398 e. The van der Waals surface area contributed by atoms with E-state index in [1.54, 1.807) is 0 Å². The van der Waals surface area contributed by atoms with Crippen LogP contribution < -0.4 is 5.73 Å². The van der Waals surface area contributed by atoms with Crippen molar-refractivity contribution in [3.05, 3.63) is 29.1 Å². The van der Waals surface area contributed by atoms with Crippen LogP contribution in [0.5, 0.6) is 0 Å². The van der Waals surface area contributed by atoms with Crippen molar-refractivity contribution in [2.24, 2.45) is 0 Å². The molecule has 0 unspecified atom stereocenters. The van der Waals surface area contributed by atoms with Crippen LogP contribution in [-0.2, 0) is 13.0 Å². The number of β-amino-alcohol motifs (C(OH)–C–C–N with tert-alkyl or cyclic N) is 1. The molecule has 0 saturated heterocycles. The highest BCUT2D eigenvalue weighted by molar-refractivity contribution is 5.52. The van der Waals surface area contributed by atoms with Crippen LogP contribution in [0.3, 0.4) is 0 Å². The van der Waals surface area contributed by atoms with Crippen LogP contribution in [-0.4, -0.2) is 29.7 Å². The summed E-state index contributed by atoms with van der Waals surface area (Å²) in [4.78, 5) is 2.10. The Balaban J connectivity index is 2.25. The van der Waals surface area contributed by atoms with Gasteiger partial charge in [0.15, 0.2) is 0 Å². The van der Waals surface area contributed by atoms with E-state index in [2.05, 4.69) is 4.90 Å². The number of nitrogens with two attached hydrogens (primary N) is 1. The van der Waals surface area contributed by atoms with Crippen molar-refractivity contribution in [1.29, 1.82) is 0 Å². The van der Waals surface area contributed by atoms with Crippen molar-refractivity contribution < 1.29 is 9.50 Å². The Labute approximate surface area is 88.3 Å². The molecule has 1 aromatic rings. The van der Waals surface area contributed by atoms with E-state index in [9.17, 15) is 4.39 Å². The molecule has 3 nitrogen and oxygen atoms in total.